The minimum Gasteiger partial charge on any atom is -0.343 e. The van der Waals surface area contributed by atoms with Gasteiger partial charge >= 0.3 is 0 Å². The fraction of sp³-hybridized carbons (Fsp3) is 0.400. The van der Waals surface area contributed by atoms with Crippen molar-refractivity contribution in [1.29, 1.82) is 0 Å². The van der Waals surface area contributed by atoms with E-state index in [1.807, 2.05) is 6.92 Å². The molecule has 2 rings (SSSR count). The highest BCUT2D eigenvalue weighted by atomic mass is 32.2. The van der Waals surface area contributed by atoms with Gasteiger partial charge in [-0.05, 0) is 13.0 Å². The fourth-order valence-electron chi connectivity index (χ4n) is 1.37. The first-order chi connectivity index (χ1) is 6.66. The lowest BCUT2D eigenvalue weighted by atomic mass is 10.4. The van der Waals surface area contributed by atoms with Gasteiger partial charge in [-0.2, -0.15) is 0 Å². The van der Waals surface area contributed by atoms with E-state index < -0.39 is 0 Å². The molecule has 4 heteroatoms. The van der Waals surface area contributed by atoms with E-state index in [2.05, 4.69) is 34.9 Å². The van der Waals surface area contributed by atoms with Crippen molar-refractivity contribution < 1.29 is 0 Å². The second-order valence-corrected chi connectivity index (χ2v) is 5.13. The summed E-state index contributed by atoms with van der Waals surface area (Å²) in [6.45, 7) is 6.36. The van der Waals surface area contributed by atoms with Gasteiger partial charge in [0.05, 0.1) is 5.39 Å². The predicted molar refractivity (Wildman–Crippen MR) is 59.6 cm³/mol. The summed E-state index contributed by atoms with van der Waals surface area (Å²) in [5, 5.41) is 2.74. The summed E-state index contributed by atoms with van der Waals surface area (Å²) in [5.41, 5.74) is 2.06. The summed E-state index contributed by atoms with van der Waals surface area (Å²) in [4.78, 5) is 11.7. The van der Waals surface area contributed by atoms with Crippen molar-refractivity contribution in [2.24, 2.45) is 0 Å². The maximum Gasteiger partial charge on any atom is 0.142 e. The van der Waals surface area contributed by atoms with Crippen LogP contribution in [0.3, 0.4) is 0 Å². The Morgan fingerprint density at radius 1 is 1.36 bits per heavy atom. The minimum absolute atomic E-state index is 0.545. The lowest BCUT2D eigenvalue weighted by Gasteiger charge is -2.03. The predicted octanol–water partition coefficient (Wildman–Crippen LogP) is 2.77. The molecular weight excluding hydrogens is 194 g/mol. The van der Waals surface area contributed by atoms with Crippen molar-refractivity contribution in [3.63, 3.8) is 0 Å². The Morgan fingerprint density at radius 2 is 2.14 bits per heavy atom. The van der Waals surface area contributed by atoms with E-state index in [0.29, 0.717) is 5.25 Å². The number of fused-ring (bicyclic) bond motifs is 1. The normalized spacial score (nSPS) is 11.4. The van der Waals surface area contributed by atoms with Crippen molar-refractivity contribution in [3.8, 4) is 0 Å². The average Bonchev–Trinajstić information content (AvgIpc) is 2.45. The van der Waals surface area contributed by atoms with Gasteiger partial charge in [-0.15, -0.1) is 11.8 Å². The summed E-state index contributed by atoms with van der Waals surface area (Å²) in [6.07, 6.45) is 1.61. The third-order valence-electron chi connectivity index (χ3n) is 1.87. The molecule has 14 heavy (non-hydrogen) atoms. The third kappa shape index (κ3) is 1.75. The third-order valence-corrected chi connectivity index (χ3v) is 2.89. The quantitative estimate of drug-likeness (QED) is 0.608. The van der Waals surface area contributed by atoms with Gasteiger partial charge in [0.15, 0.2) is 0 Å². The summed E-state index contributed by atoms with van der Waals surface area (Å²) in [6, 6.07) is 2.10. The molecular formula is C10H13N3S. The Balaban J connectivity index is 2.53. The molecule has 3 nitrogen and oxygen atoms in total. The first kappa shape index (κ1) is 9.52. The van der Waals surface area contributed by atoms with Gasteiger partial charge in [-0.25, -0.2) is 9.97 Å². The number of rotatable bonds is 2. The largest absolute Gasteiger partial charge is 0.343 e. The molecule has 0 unspecified atom stereocenters. The zero-order valence-corrected chi connectivity index (χ0v) is 9.35. The number of hydrogen-bond acceptors (Lipinski definition) is 3. The lowest BCUT2D eigenvalue weighted by molar-refractivity contribution is 1.06. The number of thioether (sulfide) groups is 1. The van der Waals surface area contributed by atoms with Crippen LogP contribution in [0.2, 0.25) is 0 Å². The molecule has 0 aliphatic heterocycles. The molecule has 0 atom stereocenters. The number of aromatic amines is 1. The van der Waals surface area contributed by atoms with Crippen LogP contribution in [0.25, 0.3) is 11.0 Å². The molecule has 0 radical (unpaired) electrons. The van der Waals surface area contributed by atoms with E-state index in [1.54, 1.807) is 18.1 Å². The van der Waals surface area contributed by atoms with Crippen molar-refractivity contribution in [2.45, 2.75) is 31.0 Å². The van der Waals surface area contributed by atoms with Gasteiger partial charge in [-0.1, -0.05) is 13.8 Å². The second-order valence-electron chi connectivity index (χ2n) is 3.56. The topological polar surface area (TPSA) is 41.6 Å². The molecule has 0 saturated carbocycles. The first-order valence-corrected chi connectivity index (χ1v) is 5.52. The molecule has 0 aliphatic carbocycles. The molecule has 2 aromatic rings. The van der Waals surface area contributed by atoms with Crippen molar-refractivity contribution in [2.75, 3.05) is 0 Å². The van der Waals surface area contributed by atoms with E-state index in [1.165, 1.54) is 0 Å². The first-order valence-electron chi connectivity index (χ1n) is 4.64. The molecule has 2 aromatic heterocycles. The Morgan fingerprint density at radius 3 is 2.86 bits per heavy atom. The molecule has 0 aliphatic rings. The summed E-state index contributed by atoms with van der Waals surface area (Å²) < 4.78 is 0. The fourth-order valence-corrected chi connectivity index (χ4v) is 2.20. The molecule has 1 N–H and O–H groups in total. The molecule has 2 heterocycles. The van der Waals surface area contributed by atoms with Gasteiger partial charge in [0.25, 0.3) is 0 Å². The Bertz CT molecular complexity index is 448. The van der Waals surface area contributed by atoms with Gasteiger partial charge < -0.3 is 4.98 Å². The number of nitrogens with zero attached hydrogens (tertiary/aromatic N) is 2. The second kappa shape index (κ2) is 3.61. The summed E-state index contributed by atoms with van der Waals surface area (Å²) in [5.74, 6) is 0. The van der Waals surface area contributed by atoms with Crippen molar-refractivity contribution in [1.82, 2.24) is 15.0 Å². The van der Waals surface area contributed by atoms with Crippen LogP contribution < -0.4 is 0 Å². The smallest absolute Gasteiger partial charge is 0.142 e. The van der Waals surface area contributed by atoms with Crippen LogP contribution >= 0.6 is 11.8 Å². The molecule has 0 saturated heterocycles. The van der Waals surface area contributed by atoms with E-state index >= 15 is 0 Å². The molecule has 74 valence electrons. The number of aromatic nitrogens is 3. The minimum atomic E-state index is 0.545. The highest BCUT2D eigenvalue weighted by Crippen LogP contribution is 2.27. The van der Waals surface area contributed by atoms with E-state index in [4.69, 9.17) is 0 Å². The number of H-pyrrole nitrogens is 1. The lowest BCUT2D eigenvalue weighted by Crippen LogP contribution is -1.90. The van der Waals surface area contributed by atoms with E-state index in [9.17, 15) is 0 Å². The van der Waals surface area contributed by atoms with Crippen LogP contribution in [0.5, 0.6) is 0 Å². The highest BCUT2D eigenvalue weighted by Gasteiger charge is 2.07. The zero-order chi connectivity index (χ0) is 10.1. The average molecular weight is 207 g/mol. The van der Waals surface area contributed by atoms with Crippen molar-refractivity contribution >= 4 is 22.8 Å². The van der Waals surface area contributed by atoms with Gasteiger partial charge in [0.2, 0.25) is 0 Å². The van der Waals surface area contributed by atoms with Crippen LogP contribution in [0, 0.1) is 6.92 Å². The molecule has 0 amide bonds. The molecule has 0 aromatic carbocycles. The monoisotopic (exact) mass is 207 g/mol. The summed E-state index contributed by atoms with van der Waals surface area (Å²) in [7, 11) is 0. The van der Waals surface area contributed by atoms with E-state index in [-0.39, 0.29) is 0 Å². The van der Waals surface area contributed by atoms with Crippen LogP contribution in [-0.4, -0.2) is 20.2 Å². The Hall–Kier alpha value is -1.03. The van der Waals surface area contributed by atoms with Crippen LogP contribution in [-0.2, 0) is 0 Å². The van der Waals surface area contributed by atoms with E-state index in [0.717, 1.165) is 21.8 Å². The van der Waals surface area contributed by atoms with Gasteiger partial charge in [-0.3, -0.25) is 0 Å². The molecule has 0 fully saturated rings. The number of nitrogens with one attached hydrogen (secondary N) is 1. The van der Waals surface area contributed by atoms with Crippen LogP contribution in [0.15, 0.2) is 17.4 Å². The van der Waals surface area contributed by atoms with Gasteiger partial charge in [0, 0.05) is 10.9 Å². The Kier molecular flexibility index (Phi) is 2.46. The highest BCUT2D eigenvalue weighted by molar-refractivity contribution is 8.00. The van der Waals surface area contributed by atoms with Crippen LogP contribution in [0.4, 0.5) is 0 Å². The van der Waals surface area contributed by atoms with Crippen molar-refractivity contribution in [3.05, 3.63) is 18.1 Å². The maximum absolute atomic E-state index is 4.29. The zero-order valence-electron chi connectivity index (χ0n) is 8.53. The summed E-state index contributed by atoms with van der Waals surface area (Å²) >= 11 is 1.77. The van der Waals surface area contributed by atoms with Gasteiger partial charge in [0.1, 0.15) is 17.0 Å². The molecule has 0 bridgehead atoms. The van der Waals surface area contributed by atoms with Crippen LogP contribution in [0.1, 0.15) is 19.5 Å². The number of hydrogen-bond donors (Lipinski definition) is 1. The number of aryl methyl sites for hydroxylation is 1. The standard InChI is InChI=1S/C10H13N3S/c1-6(2)14-10-8-4-7(3)13-9(8)11-5-12-10/h4-6H,1-3H3,(H,11,12,13). The molecule has 0 spiro atoms. The SMILES string of the molecule is Cc1cc2c(SC(C)C)ncnc2[nH]1. The Labute approximate surface area is 87.3 Å². The maximum atomic E-state index is 4.29.